The summed E-state index contributed by atoms with van der Waals surface area (Å²) < 4.78 is 5.62. The van der Waals surface area contributed by atoms with Crippen LogP contribution in [0.15, 0.2) is 42.5 Å². The highest BCUT2D eigenvalue weighted by molar-refractivity contribution is 5.83. The largest absolute Gasteiger partial charge is 0.394 e. The molecule has 0 radical (unpaired) electrons. The number of aliphatic hydroxyl groups is 4. The van der Waals surface area contributed by atoms with Gasteiger partial charge in [-0.25, -0.2) is 0 Å². The molecule has 0 aromatic heterocycles. The van der Waals surface area contributed by atoms with E-state index < -0.39 is 36.8 Å². The molecular weight excluding hydrogens is 326 g/mol. The second kappa shape index (κ2) is 6.30. The summed E-state index contributed by atoms with van der Waals surface area (Å²) in [6, 6.07) is 13.7. The molecule has 4 rings (SSSR count). The van der Waals surface area contributed by atoms with Gasteiger partial charge in [0.15, 0.2) is 0 Å². The summed E-state index contributed by atoms with van der Waals surface area (Å²) in [7, 11) is 0. The van der Waals surface area contributed by atoms with Gasteiger partial charge in [0.1, 0.15) is 24.4 Å². The van der Waals surface area contributed by atoms with Crippen LogP contribution in [0, 0.1) is 0 Å². The van der Waals surface area contributed by atoms with Gasteiger partial charge >= 0.3 is 0 Å². The predicted octanol–water partition coefficient (Wildman–Crippen LogP) is -0.0241. The first-order valence-corrected chi connectivity index (χ1v) is 8.29. The molecule has 0 unspecified atom stereocenters. The fourth-order valence-corrected chi connectivity index (χ4v) is 3.61. The Hall–Kier alpha value is -1.58. The van der Waals surface area contributed by atoms with Gasteiger partial charge in [-0.15, -0.1) is 0 Å². The lowest BCUT2D eigenvalue weighted by Gasteiger charge is -2.45. The van der Waals surface area contributed by atoms with Crippen molar-refractivity contribution in [1.82, 2.24) is 5.48 Å². The molecule has 2 aliphatic rings. The van der Waals surface area contributed by atoms with E-state index in [0.717, 1.165) is 16.3 Å². The average Bonchev–Trinajstić information content (AvgIpc) is 3.08. The van der Waals surface area contributed by atoms with Crippen LogP contribution in [-0.4, -0.2) is 57.2 Å². The Kier molecular flexibility index (Phi) is 4.25. The molecule has 2 aliphatic heterocycles. The first-order chi connectivity index (χ1) is 12.0. The van der Waals surface area contributed by atoms with E-state index in [-0.39, 0.29) is 12.5 Å². The smallest absolute Gasteiger partial charge is 0.218 e. The van der Waals surface area contributed by atoms with E-state index in [1.54, 1.807) is 0 Å². The van der Waals surface area contributed by atoms with Gasteiger partial charge in [-0.3, -0.25) is 4.84 Å². The molecule has 134 valence electrons. The highest BCUT2D eigenvalue weighted by atomic mass is 16.8. The van der Waals surface area contributed by atoms with Crippen molar-refractivity contribution in [2.75, 3.05) is 6.61 Å². The molecule has 2 aromatic rings. The molecule has 2 fully saturated rings. The topological polar surface area (TPSA) is 111 Å². The Bertz CT molecular complexity index is 768. The van der Waals surface area contributed by atoms with Crippen LogP contribution in [0.1, 0.15) is 18.0 Å². The second-order valence-corrected chi connectivity index (χ2v) is 6.66. The standard InChI is InChI=1S/C18H21NO6/c20-9-14-15(21)16(22)17(23)18(24-14)8-13(19-25-18)12-6-5-10-3-1-2-4-11(10)7-12/h1-7,13-17,19-23H,8-9H2/t13-,14+,15+,16-,17+,18+/m0/s1. The third-order valence-corrected chi connectivity index (χ3v) is 5.07. The molecule has 7 heteroatoms. The van der Waals surface area contributed by atoms with E-state index in [1.807, 2.05) is 42.5 Å². The van der Waals surface area contributed by atoms with Crippen LogP contribution in [0.4, 0.5) is 0 Å². The summed E-state index contributed by atoms with van der Waals surface area (Å²) in [5.41, 5.74) is 3.80. The molecule has 5 N–H and O–H groups in total. The highest BCUT2D eigenvalue weighted by Crippen LogP contribution is 2.42. The lowest BCUT2D eigenvalue weighted by atomic mass is 9.88. The molecule has 0 saturated carbocycles. The minimum atomic E-state index is -1.53. The first-order valence-electron chi connectivity index (χ1n) is 8.29. The van der Waals surface area contributed by atoms with Crippen LogP contribution >= 0.6 is 0 Å². The summed E-state index contributed by atoms with van der Waals surface area (Å²) >= 11 is 0. The van der Waals surface area contributed by atoms with Gasteiger partial charge in [0.25, 0.3) is 0 Å². The Balaban J connectivity index is 1.60. The second-order valence-electron chi connectivity index (χ2n) is 6.66. The molecule has 2 aromatic carbocycles. The molecule has 0 bridgehead atoms. The number of ether oxygens (including phenoxy) is 1. The third kappa shape index (κ3) is 2.74. The van der Waals surface area contributed by atoms with Crippen LogP contribution in [0.5, 0.6) is 0 Å². The van der Waals surface area contributed by atoms with Gasteiger partial charge in [0.05, 0.1) is 12.6 Å². The van der Waals surface area contributed by atoms with Gasteiger partial charge < -0.3 is 25.2 Å². The lowest BCUT2D eigenvalue weighted by Crippen LogP contribution is -2.65. The average molecular weight is 347 g/mol. The quantitative estimate of drug-likeness (QED) is 0.519. The molecule has 6 atom stereocenters. The summed E-state index contributed by atoms with van der Waals surface area (Å²) in [6.07, 6.45) is -5.09. The molecule has 0 aliphatic carbocycles. The van der Waals surface area contributed by atoms with Crippen molar-refractivity contribution in [2.45, 2.75) is 42.7 Å². The Labute approximate surface area is 144 Å². The van der Waals surface area contributed by atoms with Crippen LogP contribution in [-0.2, 0) is 9.57 Å². The molecule has 2 heterocycles. The van der Waals surface area contributed by atoms with Crippen LogP contribution in [0.25, 0.3) is 10.8 Å². The van der Waals surface area contributed by atoms with E-state index in [0.29, 0.717) is 0 Å². The van der Waals surface area contributed by atoms with Crippen molar-refractivity contribution in [2.24, 2.45) is 0 Å². The minimum absolute atomic E-state index is 0.229. The maximum absolute atomic E-state index is 10.4. The molecule has 25 heavy (non-hydrogen) atoms. The first kappa shape index (κ1) is 16.9. The van der Waals surface area contributed by atoms with E-state index in [9.17, 15) is 20.4 Å². The van der Waals surface area contributed by atoms with Gasteiger partial charge in [-0.05, 0) is 22.4 Å². The van der Waals surface area contributed by atoms with Gasteiger partial charge in [0.2, 0.25) is 5.79 Å². The van der Waals surface area contributed by atoms with Crippen LogP contribution < -0.4 is 5.48 Å². The van der Waals surface area contributed by atoms with Crippen LogP contribution in [0.2, 0.25) is 0 Å². The monoisotopic (exact) mass is 347 g/mol. The molecule has 2 saturated heterocycles. The van der Waals surface area contributed by atoms with Crippen molar-refractivity contribution in [3.05, 3.63) is 48.0 Å². The zero-order valence-electron chi connectivity index (χ0n) is 13.4. The summed E-state index contributed by atoms with van der Waals surface area (Å²) in [5, 5.41) is 41.9. The zero-order valence-corrected chi connectivity index (χ0v) is 13.4. The van der Waals surface area contributed by atoms with E-state index >= 15 is 0 Å². The van der Waals surface area contributed by atoms with E-state index in [4.69, 9.17) is 9.57 Å². The molecule has 0 amide bonds. The van der Waals surface area contributed by atoms with Crippen molar-refractivity contribution < 1.29 is 30.0 Å². The summed E-state index contributed by atoms with van der Waals surface area (Å²) in [5.74, 6) is -1.53. The maximum atomic E-state index is 10.4. The number of rotatable bonds is 2. The fraction of sp³-hybridized carbons (Fsp3) is 0.444. The number of hydrogen-bond donors (Lipinski definition) is 5. The van der Waals surface area contributed by atoms with Gasteiger partial charge in [0, 0.05) is 6.42 Å². The Morgan fingerprint density at radius 2 is 1.80 bits per heavy atom. The summed E-state index contributed by atoms with van der Waals surface area (Å²) in [6.45, 7) is -0.489. The van der Waals surface area contributed by atoms with Crippen molar-refractivity contribution in [1.29, 1.82) is 0 Å². The Morgan fingerprint density at radius 1 is 1.04 bits per heavy atom. The minimum Gasteiger partial charge on any atom is -0.394 e. The lowest BCUT2D eigenvalue weighted by molar-refractivity contribution is -0.360. The zero-order chi connectivity index (χ0) is 17.6. The number of fused-ring (bicyclic) bond motifs is 1. The molecule has 1 spiro atoms. The number of benzene rings is 2. The van der Waals surface area contributed by atoms with Crippen molar-refractivity contribution >= 4 is 10.8 Å². The third-order valence-electron chi connectivity index (χ3n) is 5.07. The van der Waals surface area contributed by atoms with Crippen molar-refractivity contribution in [3.63, 3.8) is 0 Å². The molecule has 7 nitrogen and oxygen atoms in total. The fourth-order valence-electron chi connectivity index (χ4n) is 3.61. The number of hydroxylamine groups is 1. The SMILES string of the molecule is OC[C@H]1O[C@@]2(C[C@@H](c3ccc4ccccc4c3)NO2)[C@H](O)[C@@H](O)[C@@H]1O. The Morgan fingerprint density at radius 3 is 2.56 bits per heavy atom. The van der Waals surface area contributed by atoms with Crippen LogP contribution in [0.3, 0.4) is 0 Å². The number of aliphatic hydroxyl groups excluding tert-OH is 4. The number of hydrogen-bond acceptors (Lipinski definition) is 7. The normalized spacial score (nSPS) is 38.5. The van der Waals surface area contributed by atoms with E-state index in [2.05, 4.69) is 5.48 Å². The van der Waals surface area contributed by atoms with Crippen molar-refractivity contribution in [3.8, 4) is 0 Å². The highest BCUT2D eigenvalue weighted by Gasteiger charge is 2.58. The summed E-state index contributed by atoms with van der Waals surface area (Å²) in [4.78, 5) is 5.52. The van der Waals surface area contributed by atoms with E-state index in [1.165, 1.54) is 0 Å². The van der Waals surface area contributed by atoms with Gasteiger partial charge in [-0.1, -0.05) is 36.4 Å². The van der Waals surface area contributed by atoms with Gasteiger partial charge in [-0.2, -0.15) is 5.48 Å². The maximum Gasteiger partial charge on any atom is 0.218 e. The predicted molar refractivity (Wildman–Crippen MR) is 88.2 cm³/mol. The molecular formula is C18H21NO6. The number of nitrogens with one attached hydrogen (secondary N) is 1.